The van der Waals surface area contributed by atoms with Gasteiger partial charge in [0, 0.05) is 6.04 Å². The summed E-state index contributed by atoms with van der Waals surface area (Å²) in [4.78, 5) is 11.5. The Morgan fingerprint density at radius 2 is 2.09 bits per heavy atom. The highest BCUT2D eigenvalue weighted by Crippen LogP contribution is 2.25. The van der Waals surface area contributed by atoms with Gasteiger partial charge in [0.25, 0.3) is 0 Å². The Labute approximate surface area is 139 Å². The quantitative estimate of drug-likeness (QED) is 0.839. The molecular formula is C19H29NO3. The van der Waals surface area contributed by atoms with Crippen molar-refractivity contribution in [1.82, 2.24) is 5.32 Å². The molecule has 0 fully saturated rings. The van der Waals surface area contributed by atoms with E-state index in [1.165, 1.54) is 11.1 Å². The third kappa shape index (κ3) is 5.33. The lowest BCUT2D eigenvalue weighted by molar-refractivity contribution is -0.140. The molecule has 0 spiro atoms. The maximum atomic E-state index is 11.5. The van der Waals surface area contributed by atoms with Crippen LogP contribution < -0.4 is 5.32 Å². The minimum absolute atomic E-state index is 0.00305. The Kier molecular flexibility index (Phi) is 5.82. The molecule has 0 saturated heterocycles. The second-order valence-electron chi connectivity index (χ2n) is 7.71. The molecule has 128 valence electrons. The van der Waals surface area contributed by atoms with Crippen LogP contribution >= 0.6 is 0 Å². The van der Waals surface area contributed by atoms with Gasteiger partial charge in [-0.3, -0.25) is 10.1 Å². The molecule has 4 nitrogen and oxygen atoms in total. The monoisotopic (exact) mass is 319 g/mol. The van der Waals surface area contributed by atoms with Crippen LogP contribution in [0.25, 0.3) is 0 Å². The first-order valence-electron chi connectivity index (χ1n) is 8.44. The fourth-order valence-corrected chi connectivity index (χ4v) is 2.91. The minimum Gasteiger partial charge on any atom is -0.480 e. The lowest BCUT2D eigenvalue weighted by Gasteiger charge is -2.25. The Morgan fingerprint density at radius 3 is 2.74 bits per heavy atom. The number of carboxylic acid groups (broad SMARTS) is 1. The SMILES string of the molecule is C[C@H](N[C@@H](CCC(C)(C)C)C(=O)O)c1ccc2c(c1)COCC2. The van der Waals surface area contributed by atoms with Gasteiger partial charge < -0.3 is 9.84 Å². The largest absolute Gasteiger partial charge is 0.480 e. The third-order valence-electron chi connectivity index (χ3n) is 4.44. The predicted octanol–water partition coefficient (Wildman–Crippen LogP) is 3.69. The maximum Gasteiger partial charge on any atom is 0.320 e. The summed E-state index contributed by atoms with van der Waals surface area (Å²) in [7, 11) is 0. The molecule has 0 aromatic heterocycles. The van der Waals surface area contributed by atoms with Crippen molar-refractivity contribution in [2.75, 3.05) is 6.61 Å². The van der Waals surface area contributed by atoms with Gasteiger partial charge in [0.15, 0.2) is 0 Å². The molecule has 0 amide bonds. The van der Waals surface area contributed by atoms with Crippen LogP contribution in [0.5, 0.6) is 0 Å². The lowest BCUT2D eigenvalue weighted by Crippen LogP contribution is -2.39. The van der Waals surface area contributed by atoms with Crippen molar-refractivity contribution in [3.05, 3.63) is 34.9 Å². The van der Waals surface area contributed by atoms with Crippen molar-refractivity contribution in [3.63, 3.8) is 0 Å². The Hall–Kier alpha value is -1.39. The van der Waals surface area contributed by atoms with Crippen molar-refractivity contribution in [3.8, 4) is 0 Å². The molecule has 1 aromatic rings. The molecule has 0 bridgehead atoms. The van der Waals surface area contributed by atoms with Crippen LogP contribution in [0.3, 0.4) is 0 Å². The molecule has 4 heteroatoms. The second kappa shape index (κ2) is 7.45. The highest BCUT2D eigenvalue weighted by Gasteiger charge is 2.23. The topological polar surface area (TPSA) is 58.6 Å². The predicted molar refractivity (Wildman–Crippen MR) is 91.5 cm³/mol. The van der Waals surface area contributed by atoms with Gasteiger partial charge in [-0.05, 0) is 48.3 Å². The molecule has 0 unspecified atom stereocenters. The molecule has 2 N–H and O–H groups in total. The summed E-state index contributed by atoms with van der Waals surface area (Å²) in [6.07, 6.45) is 2.47. The number of rotatable bonds is 6. The van der Waals surface area contributed by atoms with Crippen molar-refractivity contribution >= 4 is 5.97 Å². The van der Waals surface area contributed by atoms with E-state index in [4.69, 9.17) is 4.74 Å². The molecule has 2 atom stereocenters. The van der Waals surface area contributed by atoms with Gasteiger partial charge in [-0.1, -0.05) is 39.0 Å². The van der Waals surface area contributed by atoms with E-state index in [0.29, 0.717) is 13.0 Å². The third-order valence-corrected chi connectivity index (χ3v) is 4.44. The van der Waals surface area contributed by atoms with Crippen molar-refractivity contribution in [2.24, 2.45) is 5.41 Å². The summed E-state index contributed by atoms with van der Waals surface area (Å²) >= 11 is 0. The number of hydrogen-bond donors (Lipinski definition) is 2. The molecule has 2 rings (SSSR count). The minimum atomic E-state index is -0.776. The van der Waals surface area contributed by atoms with Gasteiger partial charge in [0.1, 0.15) is 6.04 Å². The summed E-state index contributed by atoms with van der Waals surface area (Å²) in [6.45, 7) is 9.88. The Bertz CT molecular complexity index is 548. The number of fused-ring (bicyclic) bond motifs is 1. The lowest BCUT2D eigenvalue weighted by atomic mass is 9.88. The second-order valence-corrected chi connectivity index (χ2v) is 7.71. The molecule has 1 aliphatic rings. The summed E-state index contributed by atoms with van der Waals surface area (Å²) in [5, 5.41) is 12.7. The number of aliphatic carboxylic acids is 1. The van der Waals surface area contributed by atoms with Crippen LogP contribution in [-0.4, -0.2) is 23.7 Å². The molecular weight excluding hydrogens is 290 g/mol. The summed E-state index contributed by atoms with van der Waals surface area (Å²) in [5.74, 6) is -0.776. The van der Waals surface area contributed by atoms with E-state index in [9.17, 15) is 9.90 Å². The number of ether oxygens (including phenoxy) is 1. The van der Waals surface area contributed by atoms with E-state index >= 15 is 0 Å². The fraction of sp³-hybridized carbons (Fsp3) is 0.632. The first-order valence-corrected chi connectivity index (χ1v) is 8.44. The standard InChI is InChI=1S/C19H29NO3/c1-13(20-17(18(21)22)7-9-19(2,3)4)15-6-5-14-8-10-23-12-16(14)11-15/h5-6,11,13,17,20H,7-10,12H2,1-4H3,(H,21,22)/t13-,17-/m0/s1. The van der Waals surface area contributed by atoms with E-state index in [1.807, 2.05) is 6.92 Å². The molecule has 23 heavy (non-hydrogen) atoms. The van der Waals surface area contributed by atoms with E-state index in [-0.39, 0.29) is 11.5 Å². The van der Waals surface area contributed by atoms with Crippen LogP contribution in [-0.2, 0) is 22.6 Å². The molecule has 0 aliphatic carbocycles. The maximum absolute atomic E-state index is 11.5. The van der Waals surface area contributed by atoms with Crippen LogP contribution in [0.4, 0.5) is 0 Å². The highest BCUT2D eigenvalue weighted by molar-refractivity contribution is 5.73. The molecule has 0 saturated carbocycles. The van der Waals surface area contributed by atoms with Gasteiger partial charge in [0.2, 0.25) is 0 Å². The first-order chi connectivity index (χ1) is 10.8. The molecule has 0 radical (unpaired) electrons. The summed E-state index contributed by atoms with van der Waals surface area (Å²) in [6, 6.07) is 5.88. The van der Waals surface area contributed by atoms with Gasteiger partial charge in [-0.2, -0.15) is 0 Å². The average molecular weight is 319 g/mol. The zero-order valence-electron chi connectivity index (χ0n) is 14.7. The molecule has 1 aromatic carbocycles. The summed E-state index contributed by atoms with van der Waals surface area (Å²) < 4.78 is 5.51. The molecule has 1 aliphatic heterocycles. The van der Waals surface area contributed by atoms with Gasteiger partial charge in [0.05, 0.1) is 13.2 Å². The molecule has 1 heterocycles. The van der Waals surface area contributed by atoms with E-state index in [2.05, 4.69) is 44.3 Å². The van der Waals surface area contributed by atoms with Gasteiger partial charge in [-0.25, -0.2) is 0 Å². The van der Waals surface area contributed by atoms with E-state index in [0.717, 1.165) is 25.0 Å². The van der Waals surface area contributed by atoms with Crippen LogP contribution in [0.1, 0.15) is 63.3 Å². The number of hydrogen-bond acceptors (Lipinski definition) is 3. The zero-order chi connectivity index (χ0) is 17.0. The van der Waals surface area contributed by atoms with Gasteiger partial charge >= 0.3 is 5.97 Å². The smallest absolute Gasteiger partial charge is 0.320 e. The van der Waals surface area contributed by atoms with Crippen molar-refractivity contribution in [1.29, 1.82) is 0 Å². The van der Waals surface area contributed by atoms with Crippen LogP contribution in [0, 0.1) is 5.41 Å². The fourth-order valence-electron chi connectivity index (χ4n) is 2.91. The van der Waals surface area contributed by atoms with Crippen molar-refractivity contribution < 1.29 is 14.6 Å². The summed E-state index contributed by atoms with van der Waals surface area (Å²) in [5.41, 5.74) is 3.83. The van der Waals surface area contributed by atoms with Gasteiger partial charge in [-0.15, -0.1) is 0 Å². The average Bonchev–Trinajstić information content (AvgIpc) is 2.49. The highest BCUT2D eigenvalue weighted by atomic mass is 16.5. The Morgan fingerprint density at radius 1 is 1.35 bits per heavy atom. The number of benzene rings is 1. The van der Waals surface area contributed by atoms with Crippen LogP contribution in [0.15, 0.2) is 18.2 Å². The Balaban J connectivity index is 2.03. The number of carboxylic acids is 1. The van der Waals surface area contributed by atoms with Crippen LogP contribution in [0.2, 0.25) is 0 Å². The number of nitrogens with one attached hydrogen (secondary N) is 1. The van der Waals surface area contributed by atoms with E-state index in [1.54, 1.807) is 0 Å². The van der Waals surface area contributed by atoms with E-state index < -0.39 is 12.0 Å². The normalized spacial score (nSPS) is 17.4. The first kappa shape index (κ1) is 18.0. The van der Waals surface area contributed by atoms with Crippen molar-refractivity contribution in [2.45, 2.75) is 65.6 Å². The number of carbonyl (C=O) groups is 1. The zero-order valence-corrected chi connectivity index (χ0v) is 14.7.